The minimum absolute atomic E-state index is 0.0176. The number of carbonyl (C=O) groups excluding carboxylic acids is 1. The maximum Gasteiger partial charge on any atom is 0.313 e. The number of hydrogen-bond donors (Lipinski definition) is 1. The number of esters is 1. The van der Waals surface area contributed by atoms with Crippen LogP contribution in [0.25, 0.3) is 20.3 Å². The fraction of sp³-hybridized carbons (Fsp3) is 0.190. The third-order valence-electron chi connectivity index (χ3n) is 4.49. The molecule has 2 aromatic carbocycles. The van der Waals surface area contributed by atoms with Gasteiger partial charge in [-0.05, 0) is 23.8 Å². The molecular formula is C21H18ClN3O3S. The van der Waals surface area contributed by atoms with Gasteiger partial charge in [-0.3, -0.25) is 4.79 Å². The van der Waals surface area contributed by atoms with E-state index >= 15 is 0 Å². The summed E-state index contributed by atoms with van der Waals surface area (Å²) in [5.41, 5.74) is 0.983. The summed E-state index contributed by atoms with van der Waals surface area (Å²) in [4.78, 5) is 21.8. The van der Waals surface area contributed by atoms with Crippen molar-refractivity contribution in [2.24, 2.45) is 0 Å². The van der Waals surface area contributed by atoms with E-state index in [0.29, 0.717) is 29.0 Å². The van der Waals surface area contributed by atoms with Crippen molar-refractivity contribution < 1.29 is 14.3 Å². The van der Waals surface area contributed by atoms with Crippen LogP contribution in [0.4, 0.5) is 5.82 Å². The van der Waals surface area contributed by atoms with E-state index in [0.717, 1.165) is 25.9 Å². The van der Waals surface area contributed by atoms with Crippen LogP contribution in [0.3, 0.4) is 0 Å². The van der Waals surface area contributed by atoms with Gasteiger partial charge in [-0.25, -0.2) is 9.97 Å². The first kappa shape index (κ1) is 19.4. The van der Waals surface area contributed by atoms with Gasteiger partial charge in [0.1, 0.15) is 28.6 Å². The van der Waals surface area contributed by atoms with Gasteiger partial charge in [0.05, 0.1) is 24.6 Å². The number of nitrogens with one attached hydrogen (secondary N) is 1. The lowest BCUT2D eigenvalue weighted by atomic mass is 10.2. The summed E-state index contributed by atoms with van der Waals surface area (Å²) in [6.07, 6.45) is 0.0176. The monoisotopic (exact) mass is 427 g/mol. The van der Waals surface area contributed by atoms with Crippen molar-refractivity contribution >= 4 is 55.0 Å². The maximum atomic E-state index is 11.7. The molecule has 6 nitrogen and oxygen atoms in total. The molecule has 29 heavy (non-hydrogen) atoms. The SMILES string of the molecule is COC(=O)Cc1nc(NCc2ccc(OC)c(Cl)c2)c2c(n1)sc1ccccc12. The van der Waals surface area contributed by atoms with Gasteiger partial charge in [-0.2, -0.15) is 0 Å². The Morgan fingerprint density at radius 2 is 2.00 bits per heavy atom. The van der Waals surface area contributed by atoms with Gasteiger partial charge in [0, 0.05) is 16.6 Å². The number of aromatic nitrogens is 2. The van der Waals surface area contributed by atoms with Crippen molar-refractivity contribution in [1.29, 1.82) is 0 Å². The molecule has 1 N–H and O–H groups in total. The molecule has 0 aliphatic rings. The molecule has 0 aliphatic heterocycles. The molecule has 0 atom stereocenters. The van der Waals surface area contributed by atoms with Crippen LogP contribution in [0.5, 0.6) is 5.75 Å². The third-order valence-corrected chi connectivity index (χ3v) is 5.85. The molecule has 0 saturated carbocycles. The largest absolute Gasteiger partial charge is 0.495 e. The molecule has 2 heterocycles. The third kappa shape index (κ3) is 3.97. The van der Waals surface area contributed by atoms with E-state index in [1.54, 1.807) is 18.4 Å². The molecule has 0 fully saturated rings. The number of halogens is 1. The first-order valence-electron chi connectivity index (χ1n) is 8.90. The highest BCUT2D eigenvalue weighted by molar-refractivity contribution is 7.25. The Labute approximate surface area is 176 Å². The maximum absolute atomic E-state index is 11.7. The second-order valence-corrected chi connectivity index (χ2v) is 7.78. The summed E-state index contributed by atoms with van der Waals surface area (Å²) in [5.74, 6) is 1.35. The van der Waals surface area contributed by atoms with Crippen LogP contribution >= 0.6 is 22.9 Å². The fourth-order valence-electron chi connectivity index (χ4n) is 3.08. The van der Waals surface area contributed by atoms with Crippen molar-refractivity contribution in [3.05, 3.63) is 58.9 Å². The number of anilines is 1. The summed E-state index contributed by atoms with van der Waals surface area (Å²) in [6, 6.07) is 13.7. The molecular weight excluding hydrogens is 410 g/mol. The molecule has 0 radical (unpaired) electrons. The van der Waals surface area contributed by atoms with Crippen molar-refractivity contribution in [3.8, 4) is 5.75 Å². The number of carbonyl (C=O) groups is 1. The Balaban J connectivity index is 1.74. The number of hydrogen-bond acceptors (Lipinski definition) is 7. The van der Waals surface area contributed by atoms with Gasteiger partial charge in [0.25, 0.3) is 0 Å². The zero-order valence-corrected chi connectivity index (χ0v) is 17.4. The van der Waals surface area contributed by atoms with Crippen LogP contribution in [0.1, 0.15) is 11.4 Å². The summed E-state index contributed by atoms with van der Waals surface area (Å²) >= 11 is 7.81. The quantitative estimate of drug-likeness (QED) is 0.444. The molecule has 8 heteroatoms. The van der Waals surface area contributed by atoms with Crippen LogP contribution in [0, 0.1) is 0 Å². The van der Waals surface area contributed by atoms with E-state index in [2.05, 4.69) is 21.4 Å². The van der Waals surface area contributed by atoms with Gasteiger partial charge in [-0.1, -0.05) is 35.9 Å². The number of benzene rings is 2. The average molecular weight is 428 g/mol. The predicted octanol–water partition coefficient (Wildman–Crippen LogP) is 4.83. The predicted molar refractivity (Wildman–Crippen MR) is 116 cm³/mol. The molecule has 4 rings (SSSR count). The lowest BCUT2D eigenvalue weighted by Crippen LogP contribution is -2.10. The number of thiophene rings is 1. The Morgan fingerprint density at radius 1 is 1.17 bits per heavy atom. The molecule has 0 amide bonds. The number of ether oxygens (including phenoxy) is 2. The van der Waals surface area contributed by atoms with Crippen molar-refractivity contribution in [3.63, 3.8) is 0 Å². The molecule has 4 aromatic rings. The highest BCUT2D eigenvalue weighted by atomic mass is 35.5. The summed E-state index contributed by atoms with van der Waals surface area (Å²) in [6.45, 7) is 0.512. The topological polar surface area (TPSA) is 73.3 Å². The molecule has 0 spiro atoms. The van der Waals surface area contributed by atoms with Gasteiger partial charge in [0.15, 0.2) is 0 Å². The van der Waals surface area contributed by atoms with Gasteiger partial charge in [0.2, 0.25) is 0 Å². The minimum Gasteiger partial charge on any atom is -0.495 e. The van der Waals surface area contributed by atoms with Gasteiger partial charge in [-0.15, -0.1) is 11.3 Å². The number of methoxy groups -OCH3 is 2. The second-order valence-electron chi connectivity index (χ2n) is 6.34. The van der Waals surface area contributed by atoms with E-state index in [1.165, 1.54) is 7.11 Å². The van der Waals surface area contributed by atoms with Crippen LogP contribution in [0.2, 0.25) is 5.02 Å². The molecule has 148 valence electrons. The van der Waals surface area contributed by atoms with Crippen LogP contribution in [0.15, 0.2) is 42.5 Å². The first-order chi connectivity index (χ1) is 14.1. The highest BCUT2D eigenvalue weighted by Crippen LogP contribution is 2.36. The normalized spacial score (nSPS) is 11.0. The lowest BCUT2D eigenvalue weighted by molar-refractivity contribution is -0.139. The van der Waals surface area contributed by atoms with Crippen LogP contribution < -0.4 is 10.1 Å². The molecule has 0 unspecified atom stereocenters. The summed E-state index contributed by atoms with van der Waals surface area (Å²) in [7, 11) is 2.94. The highest BCUT2D eigenvalue weighted by Gasteiger charge is 2.16. The smallest absolute Gasteiger partial charge is 0.313 e. The second kappa shape index (κ2) is 8.23. The zero-order chi connectivity index (χ0) is 20.4. The van der Waals surface area contributed by atoms with Crippen LogP contribution in [-0.2, 0) is 22.5 Å². The molecule has 0 bridgehead atoms. The Bertz CT molecular complexity index is 1210. The Kier molecular flexibility index (Phi) is 5.51. The van der Waals surface area contributed by atoms with Crippen molar-refractivity contribution in [2.75, 3.05) is 19.5 Å². The van der Waals surface area contributed by atoms with Gasteiger partial charge >= 0.3 is 5.97 Å². The molecule has 2 aromatic heterocycles. The number of rotatable bonds is 6. The van der Waals surface area contributed by atoms with Gasteiger partial charge < -0.3 is 14.8 Å². The standard InChI is InChI=1S/C21H18ClN3O3S/c1-27-15-8-7-12(9-14(15)22)11-23-20-19-13-5-3-4-6-16(13)29-21(19)25-17(24-20)10-18(26)28-2/h3-9H,10-11H2,1-2H3,(H,23,24,25). The van der Waals surface area contributed by atoms with E-state index in [1.807, 2.05) is 36.4 Å². The van der Waals surface area contributed by atoms with Crippen molar-refractivity contribution in [2.45, 2.75) is 13.0 Å². The summed E-state index contributed by atoms with van der Waals surface area (Å²) in [5, 5.41) is 5.95. The fourth-order valence-corrected chi connectivity index (χ4v) is 4.46. The molecule has 0 saturated heterocycles. The van der Waals surface area contributed by atoms with E-state index in [-0.39, 0.29) is 12.4 Å². The first-order valence-corrected chi connectivity index (χ1v) is 10.1. The minimum atomic E-state index is -0.377. The summed E-state index contributed by atoms with van der Waals surface area (Å²) < 4.78 is 11.1. The van der Waals surface area contributed by atoms with E-state index in [9.17, 15) is 4.79 Å². The Hall–Kier alpha value is -2.90. The zero-order valence-electron chi connectivity index (χ0n) is 15.9. The van der Waals surface area contributed by atoms with E-state index in [4.69, 9.17) is 21.1 Å². The van der Waals surface area contributed by atoms with Crippen LogP contribution in [-0.4, -0.2) is 30.2 Å². The average Bonchev–Trinajstić information content (AvgIpc) is 3.10. The number of fused-ring (bicyclic) bond motifs is 3. The lowest BCUT2D eigenvalue weighted by Gasteiger charge is -2.10. The van der Waals surface area contributed by atoms with Crippen molar-refractivity contribution in [1.82, 2.24) is 9.97 Å². The number of nitrogens with zero attached hydrogens (tertiary/aromatic N) is 2. The molecule has 0 aliphatic carbocycles. The van der Waals surface area contributed by atoms with E-state index < -0.39 is 0 Å². The Morgan fingerprint density at radius 3 is 2.76 bits per heavy atom.